The quantitative estimate of drug-likeness (QED) is 0.837. The van der Waals surface area contributed by atoms with Crippen LogP contribution in [0.1, 0.15) is 44.9 Å². The summed E-state index contributed by atoms with van der Waals surface area (Å²) in [7, 11) is 0. The van der Waals surface area contributed by atoms with Gasteiger partial charge in [-0.15, -0.1) is 0 Å². The van der Waals surface area contributed by atoms with E-state index in [1.165, 1.54) is 5.56 Å². The topological polar surface area (TPSA) is 38.3 Å². The molecule has 0 fully saturated rings. The van der Waals surface area contributed by atoms with Gasteiger partial charge < -0.3 is 10.1 Å². The van der Waals surface area contributed by atoms with Crippen molar-refractivity contribution in [3.05, 3.63) is 64.7 Å². The third-order valence-electron chi connectivity index (χ3n) is 3.84. The molecule has 3 nitrogen and oxygen atoms in total. The number of hydrogen-bond acceptors (Lipinski definition) is 2. The minimum atomic E-state index is -0.155. The summed E-state index contributed by atoms with van der Waals surface area (Å²) in [5.74, 6) is 0.467. The maximum atomic E-state index is 12.0. The largest absolute Gasteiger partial charge is 0.484 e. The minimum Gasteiger partial charge on any atom is -0.484 e. The van der Waals surface area contributed by atoms with Crippen LogP contribution in [0.5, 0.6) is 5.75 Å². The van der Waals surface area contributed by atoms with Crippen molar-refractivity contribution in [2.24, 2.45) is 0 Å². The van der Waals surface area contributed by atoms with Crippen LogP contribution >= 0.6 is 11.6 Å². The van der Waals surface area contributed by atoms with Gasteiger partial charge >= 0.3 is 0 Å². The Bertz CT molecular complexity index is 672. The number of amides is 1. The van der Waals surface area contributed by atoms with Gasteiger partial charge in [-0.3, -0.25) is 4.79 Å². The zero-order valence-electron chi connectivity index (χ0n) is 14.6. The standard InChI is InChI=1S/C20H24ClNO2/c1-14(15-5-7-16(8-6-15)20(2,3)4)22-19(23)13-24-18-11-9-17(21)10-12-18/h5-12,14H,13H2,1-4H3,(H,22,23)/t14-/m0/s1. The molecule has 0 bridgehead atoms. The average molecular weight is 346 g/mol. The van der Waals surface area contributed by atoms with Crippen molar-refractivity contribution in [2.45, 2.75) is 39.2 Å². The van der Waals surface area contributed by atoms with Crippen molar-refractivity contribution in [1.82, 2.24) is 5.32 Å². The molecule has 2 aromatic carbocycles. The second-order valence-electron chi connectivity index (χ2n) is 6.90. The van der Waals surface area contributed by atoms with E-state index in [0.717, 1.165) is 5.56 Å². The highest BCUT2D eigenvalue weighted by Crippen LogP contribution is 2.24. The van der Waals surface area contributed by atoms with Crippen molar-refractivity contribution in [2.75, 3.05) is 6.61 Å². The summed E-state index contributed by atoms with van der Waals surface area (Å²) in [5, 5.41) is 3.58. The van der Waals surface area contributed by atoms with Gasteiger partial charge in [-0.2, -0.15) is 0 Å². The van der Waals surface area contributed by atoms with Gasteiger partial charge in [0, 0.05) is 5.02 Å². The minimum absolute atomic E-state index is 0.0218. The Kier molecular flexibility index (Phi) is 5.89. The van der Waals surface area contributed by atoms with Crippen molar-refractivity contribution in [1.29, 1.82) is 0 Å². The van der Waals surface area contributed by atoms with E-state index in [1.807, 2.05) is 6.92 Å². The molecule has 2 aromatic rings. The second kappa shape index (κ2) is 7.71. The molecule has 2 rings (SSSR count). The van der Waals surface area contributed by atoms with Crippen LogP contribution in [-0.4, -0.2) is 12.5 Å². The van der Waals surface area contributed by atoms with Crippen LogP contribution in [0.15, 0.2) is 48.5 Å². The van der Waals surface area contributed by atoms with Gasteiger partial charge in [0.05, 0.1) is 6.04 Å². The van der Waals surface area contributed by atoms with Crippen molar-refractivity contribution in [3.63, 3.8) is 0 Å². The van der Waals surface area contributed by atoms with Crippen LogP contribution in [0.2, 0.25) is 5.02 Å². The summed E-state index contributed by atoms with van der Waals surface area (Å²) in [5.41, 5.74) is 2.47. The molecule has 1 amide bonds. The molecule has 0 aliphatic carbocycles. The molecule has 0 aliphatic heterocycles. The zero-order valence-corrected chi connectivity index (χ0v) is 15.4. The van der Waals surface area contributed by atoms with Gasteiger partial charge in [0.1, 0.15) is 5.75 Å². The third-order valence-corrected chi connectivity index (χ3v) is 4.09. The van der Waals surface area contributed by atoms with Gasteiger partial charge in [-0.1, -0.05) is 56.6 Å². The Morgan fingerprint density at radius 1 is 1.08 bits per heavy atom. The molecular weight excluding hydrogens is 322 g/mol. The average Bonchev–Trinajstić information content (AvgIpc) is 2.53. The molecule has 24 heavy (non-hydrogen) atoms. The Morgan fingerprint density at radius 3 is 2.21 bits per heavy atom. The summed E-state index contributed by atoms with van der Waals surface area (Å²) in [4.78, 5) is 12.0. The molecule has 0 saturated carbocycles. The number of carbonyl (C=O) groups excluding carboxylic acids is 1. The lowest BCUT2D eigenvalue weighted by Gasteiger charge is -2.20. The van der Waals surface area contributed by atoms with Gasteiger partial charge in [0.25, 0.3) is 5.91 Å². The predicted molar refractivity (Wildman–Crippen MR) is 98.6 cm³/mol. The highest BCUT2D eigenvalue weighted by molar-refractivity contribution is 6.30. The normalized spacial score (nSPS) is 12.5. The molecule has 0 spiro atoms. The first-order valence-corrected chi connectivity index (χ1v) is 8.41. The number of hydrogen-bond donors (Lipinski definition) is 1. The molecule has 0 heterocycles. The van der Waals surface area contributed by atoms with Gasteiger partial charge in [0.2, 0.25) is 0 Å². The fourth-order valence-corrected chi connectivity index (χ4v) is 2.44. The van der Waals surface area contributed by atoms with E-state index in [0.29, 0.717) is 10.8 Å². The van der Waals surface area contributed by atoms with Crippen LogP contribution in [0.4, 0.5) is 0 Å². The fourth-order valence-electron chi connectivity index (χ4n) is 2.32. The molecule has 128 valence electrons. The number of halogens is 1. The predicted octanol–water partition coefficient (Wildman–Crippen LogP) is 4.89. The van der Waals surface area contributed by atoms with Gasteiger partial charge in [-0.25, -0.2) is 0 Å². The maximum Gasteiger partial charge on any atom is 0.258 e. The number of nitrogens with one attached hydrogen (secondary N) is 1. The third kappa shape index (κ3) is 5.27. The summed E-state index contributed by atoms with van der Waals surface area (Å²) < 4.78 is 5.45. The van der Waals surface area contributed by atoms with E-state index in [-0.39, 0.29) is 24.0 Å². The van der Waals surface area contributed by atoms with Crippen molar-refractivity contribution >= 4 is 17.5 Å². The fraction of sp³-hybridized carbons (Fsp3) is 0.350. The van der Waals surface area contributed by atoms with Crippen molar-refractivity contribution < 1.29 is 9.53 Å². The van der Waals surface area contributed by atoms with Crippen LogP contribution in [0.3, 0.4) is 0 Å². The first-order chi connectivity index (χ1) is 11.3. The Morgan fingerprint density at radius 2 is 1.67 bits per heavy atom. The molecular formula is C20H24ClNO2. The van der Waals surface area contributed by atoms with Crippen LogP contribution in [0.25, 0.3) is 0 Å². The molecule has 0 aromatic heterocycles. The number of benzene rings is 2. The molecule has 0 unspecified atom stereocenters. The van der Waals surface area contributed by atoms with Crippen LogP contribution in [-0.2, 0) is 10.2 Å². The van der Waals surface area contributed by atoms with Crippen LogP contribution < -0.4 is 10.1 Å². The SMILES string of the molecule is C[C@H](NC(=O)COc1ccc(Cl)cc1)c1ccc(C(C)(C)C)cc1. The molecule has 0 aliphatic rings. The monoisotopic (exact) mass is 345 g/mol. The molecule has 4 heteroatoms. The summed E-state index contributed by atoms with van der Waals surface area (Å²) >= 11 is 5.82. The summed E-state index contributed by atoms with van der Waals surface area (Å²) in [6.07, 6.45) is 0. The number of carbonyl (C=O) groups is 1. The number of ether oxygens (including phenoxy) is 1. The molecule has 1 atom stereocenters. The molecule has 1 N–H and O–H groups in total. The van der Waals surface area contributed by atoms with E-state index < -0.39 is 0 Å². The van der Waals surface area contributed by atoms with E-state index >= 15 is 0 Å². The number of rotatable bonds is 5. The summed E-state index contributed by atoms with van der Waals surface area (Å²) in [6.45, 7) is 8.49. The Hall–Kier alpha value is -2.00. The first kappa shape index (κ1) is 18.3. The maximum absolute atomic E-state index is 12.0. The van der Waals surface area contributed by atoms with Gasteiger partial charge in [-0.05, 0) is 47.7 Å². The molecule has 0 radical (unpaired) electrons. The zero-order chi connectivity index (χ0) is 17.7. The summed E-state index contributed by atoms with van der Waals surface area (Å²) in [6, 6.07) is 15.2. The Balaban J connectivity index is 1.88. The highest BCUT2D eigenvalue weighted by atomic mass is 35.5. The Labute approximate surface area is 149 Å². The van der Waals surface area contributed by atoms with E-state index in [2.05, 4.69) is 50.4 Å². The van der Waals surface area contributed by atoms with Crippen LogP contribution in [0, 0.1) is 0 Å². The second-order valence-corrected chi connectivity index (χ2v) is 7.34. The first-order valence-electron chi connectivity index (χ1n) is 8.04. The van der Waals surface area contributed by atoms with E-state index in [9.17, 15) is 4.79 Å². The van der Waals surface area contributed by atoms with E-state index in [1.54, 1.807) is 24.3 Å². The van der Waals surface area contributed by atoms with E-state index in [4.69, 9.17) is 16.3 Å². The smallest absolute Gasteiger partial charge is 0.258 e. The lowest BCUT2D eigenvalue weighted by molar-refractivity contribution is -0.123. The van der Waals surface area contributed by atoms with Crippen molar-refractivity contribution in [3.8, 4) is 5.75 Å². The van der Waals surface area contributed by atoms with Gasteiger partial charge in [0.15, 0.2) is 6.61 Å². The highest BCUT2D eigenvalue weighted by Gasteiger charge is 2.15. The lowest BCUT2D eigenvalue weighted by atomic mass is 9.86. The lowest BCUT2D eigenvalue weighted by Crippen LogP contribution is -2.31. The molecule has 0 saturated heterocycles.